The van der Waals surface area contributed by atoms with Crippen LogP contribution in [0.4, 0.5) is 5.69 Å². The number of rotatable bonds is 5. The molecule has 2 rings (SSSR count). The molecule has 0 bridgehead atoms. The van der Waals surface area contributed by atoms with Gasteiger partial charge >= 0.3 is 0 Å². The van der Waals surface area contributed by atoms with Gasteiger partial charge in [0.1, 0.15) is 0 Å². The molecule has 0 heterocycles. The highest BCUT2D eigenvalue weighted by molar-refractivity contribution is 7.99. The fourth-order valence-electron chi connectivity index (χ4n) is 1.96. The van der Waals surface area contributed by atoms with E-state index in [9.17, 15) is 4.79 Å². The Hall–Kier alpha value is -1.74. The summed E-state index contributed by atoms with van der Waals surface area (Å²) in [6, 6.07) is 15.7. The van der Waals surface area contributed by atoms with E-state index >= 15 is 0 Å². The van der Waals surface area contributed by atoms with Gasteiger partial charge in [-0.2, -0.15) is 0 Å². The summed E-state index contributed by atoms with van der Waals surface area (Å²) >= 11 is 1.69. The molecule has 0 aliphatic carbocycles. The van der Waals surface area contributed by atoms with Gasteiger partial charge in [0.15, 0.2) is 0 Å². The first-order chi connectivity index (χ1) is 9.74. The molecular weight excluding hydrogens is 266 g/mol. The zero-order valence-electron chi connectivity index (χ0n) is 11.8. The quantitative estimate of drug-likeness (QED) is 0.813. The Morgan fingerprint density at radius 3 is 2.40 bits per heavy atom. The van der Waals surface area contributed by atoms with Crippen LogP contribution in [-0.4, -0.2) is 11.7 Å². The van der Waals surface area contributed by atoms with Crippen molar-refractivity contribution in [1.82, 2.24) is 0 Å². The molecule has 0 atom stereocenters. The number of amides is 1. The maximum Gasteiger partial charge on any atom is 0.256 e. The topological polar surface area (TPSA) is 29.1 Å². The molecule has 1 amide bonds. The van der Waals surface area contributed by atoms with Crippen LogP contribution in [0.15, 0.2) is 53.4 Å². The van der Waals surface area contributed by atoms with Crippen molar-refractivity contribution in [1.29, 1.82) is 0 Å². The number of benzene rings is 2. The minimum Gasteiger partial charge on any atom is -0.322 e. The second-order valence-corrected chi connectivity index (χ2v) is 5.74. The standard InChI is InChI=1S/C17H19NOS/c1-3-13-9-11-14(12-10-13)18-17(19)15-7-5-6-8-16(15)20-4-2/h5-12H,3-4H2,1-2H3,(H,18,19). The third kappa shape index (κ3) is 3.64. The van der Waals surface area contributed by atoms with Crippen molar-refractivity contribution in [3.8, 4) is 0 Å². The molecule has 104 valence electrons. The van der Waals surface area contributed by atoms with E-state index < -0.39 is 0 Å². The van der Waals surface area contributed by atoms with Gasteiger partial charge in [-0.25, -0.2) is 0 Å². The smallest absolute Gasteiger partial charge is 0.256 e. The molecule has 2 aromatic carbocycles. The van der Waals surface area contributed by atoms with Crippen LogP contribution in [-0.2, 0) is 6.42 Å². The molecule has 0 aromatic heterocycles. The lowest BCUT2D eigenvalue weighted by molar-refractivity contribution is 0.102. The van der Waals surface area contributed by atoms with Crippen LogP contribution in [0.25, 0.3) is 0 Å². The molecule has 0 aliphatic rings. The van der Waals surface area contributed by atoms with Crippen molar-refractivity contribution in [2.45, 2.75) is 25.2 Å². The number of nitrogens with one attached hydrogen (secondary N) is 1. The van der Waals surface area contributed by atoms with Crippen LogP contribution in [0.5, 0.6) is 0 Å². The molecule has 0 radical (unpaired) electrons. The van der Waals surface area contributed by atoms with Crippen molar-refractivity contribution in [3.05, 3.63) is 59.7 Å². The highest BCUT2D eigenvalue weighted by Gasteiger charge is 2.10. The third-order valence-corrected chi connectivity index (χ3v) is 4.01. The fraction of sp³-hybridized carbons (Fsp3) is 0.235. The monoisotopic (exact) mass is 285 g/mol. The minimum atomic E-state index is -0.0502. The average molecular weight is 285 g/mol. The number of aryl methyl sites for hydroxylation is 1. The van der Waals surface area contributed by atoms with Crippen molar-refractivity contribution >= 4 is 23.4 Å². The fourth-order valence-corrected chi connectivity index (χ4v) is 2.76. The molecule has 0 fully saturated rings. The highest BCUT2D eigenvalue weighted by Crippen LogP contribution is 2.23. The van der Waals surface area contributed by atoms with E-state index in [1.54, 1.807) is 11.8 Å². The van der Waals surface area contributed by atoms with Gasteiger partial charge in [0.05, 0.1) is 5.56 Å². The summed E-state index contributed by atoms with van der Waals surface area (Å²) in [4.78, 5) is 13.4. The Labute approximate surface area is 124 Å². The average Bonchev–Trinajstić information content (AvgIpc) is 2.49. The summed E-state index contributed by atoms with van der Waals surface area (Å²) in [5.74, 6) is 0.904. The van der Waals surface area contributed by atoms with Gasteiger partial charge in [0.25, 0.3) is 5.91 Å². The van der Waals surface area contributed by atoms with Gasteiger partial charge in [-0.1, -0.05) is 38.1 Å². The molecule has 0 spiro atoms. The van der Waals surface area contributed by atoms with Gasteiger partial charge in [-0.05, 0) is 42.0 Å². The molecule has 2 aromatic rings. The molecule has 1 N–H and O–H groups in total. The Morgan fingerprint density at radius 2 is 1.75 bits per heavy atom. The maximum absolute atomic E-state index is 12.3. The minimum absolute atomic E-state index is 0.0502. The summed E-state index contributed by atoms with van der Waals surface area (Å²) in [6.07, 6.45) is 1.00. The molecule has 0 saturated carbocycles. The van der Waals surface area contributed by atoms with Crippen LogP contribution < -0.4 is 5.32 Å². The second-order valence-electron chi connectivity index (χ2n) is 4.43. The normalized spacial score (nSPS) is 10.3. The molecular formula is C17H19NOS. The highest BCUT2D eigenvalue weighted by atomic mass is 32.2. The summed E-state index contributed by atoms with van der Waals surface area (Å²) in [5.41, 5.74) is 2.84. The summed E-state index contributed by atoms with van der Waals surface area (Å²) in [6.45, 7) is 4.20. The first-order valence-corrected chi connectivity index (χ1v) is 7.85. The lowest BCUT2D eigenvalue weighted by Gasteiger charge is -2.09. The van der Waals surface area contributed by atoms with Crippen LogP contribution in [0.2, 0.25) is 0 Å². The molecule has 0 unspecified atom stereocenters. The first kappa shape index (κ1) is 14.7. The molecule has 0 aliphatic heterocycles. The first-order valence-electron chi connectivity index (χ1n) is 6.86. The SMILES string of the molecule is CCSc1ccccc1C(=O)Nc1ccc(CC)cc1. The van der Waals surface area contributed by atoms with E-state index in [4.69, 9.17) is 0 Å². The Morgan fingerprint density at radius 1 is 1.05 bits per heavy atom. The summed E-state index contributed by atoms with van der Waals surface area (Å²) < 4.78 is 0. The van der Waals surface area contributed by atoms with Gasteiger partial charge in [-0.3, -0.25) is 4.79 Å². The molecule has 0 saturated heterocycles. The second kappa shape index (κ2) is 7.15. The van der Waals surface area contributed by atoms with E-state index in [1.165, 1.54) is 5.56 Å². The van der Waals surface area contributed by atoms with Crippen molar-refractivity contribution < 1.29 is 4.79 Å². The Bertz CT molecular complexity index is 578. The molecule has 20 heavy (non-hydrogen) atoms. The van der Waals surface area contributed by atoms with E-state index in [0.29, 0.717) is 0 Å². The number of hydrogen-bond acceptors (Lipinski definition) is 2. The predicted molar refractivity (Wildman–Crippen MR) is 86.6 cm³/mol. The molecule has 2 nitrogen and oxygen atoms in total. The van der Waals surface area contributed by atoms with Crippen molar-refractivity contribution in [3.63, 3.8) is 0 Å². The number of thioether (sulfide) groups is 1. The zero-order chi connectivity index (χ0) is 14.4. The number of carbonyl (C=O) groups is 1. The van der Waals surface area contributed by atoms with Crippen molar-refractivity contribution in [2.75, 3.05) is 11.1 Å². The summed E-state index contributed by atoms with van der Waals surface area (Å²) in [7, 11) is 0. The molecule has 3 heteroatoms. The summed E-state index contributed by atoms with van der Waals surface area (Å²) in [5, 5.41) is 2.96. The number of carbonyl (C=O) groups excluding carboxylic acids is 1. The van der Waals surface area contributed by atoms with Gasteiger partial charge in [0.2, 0.25) is 0 Å². The van der Waals surface area contributed by atoms with Gasteiger partial charge in [0, 0.05) is 10.6 Å². The van der Waals surface area contributed by atoms with Crippen LogP contribution in [0.3, 0.4) is 0 Å². The Kier molecular flexibility index (Phi) is 5.24. The zero-order valence-corrected chi connectivity index (χ0v) is 12.7. The lowest BCUT2D eigenvalue weighted by Crippen LogP contribution is -2.12. The van der Waals surface area contributed by atoms with Crippen LogP contribution in [0, 0.1) is 0 Å². The number of hydrogen-bond donors (Lipinski definition) is 1. The van der Waals surface area contributed by atoms with Gasteiger partial charge < -0.3 is 5.32 Å². The van der Waals surface area contributed by atoms with E-state index in [-0.39, 0.29) is 5.91 Å². The largest absolute Gasteiger partial charge is 0.322 e. The third-order valence-electron chi connectivity index (χ3n) is 3.05. The lowest BCUT2D eigenvalue weighted by atomic mass is 10.1. The van der Waals surface area contributed by atoms with E-state index in [1.807, 2.05) is 48.5 Å². The van der Waals surface area contributed by atoms with Crippen molar-refractivity contribution in [2.24, 2.45) is 0 Å². The van der Waals surface area contributed by atoms with E-state index in [2.05, 4.69) is 19.2 Å². The number of anilines is 1. The van der Waals surface area contributed by atoms with Crippen LogP contribution >= 0.6 is 11.8 Å². The Balaban J connectivity index is 2.15. The van der Waals surface area contributed by atoms with Crippen LogP contribution in [0.1, 0.15) is 29.8 Å². The van der Waals surface area contributed by atoms with E-state index in [0.717, 1.165) is 28.3 Å². The maximum atomic E-state index is 12.3. The van der Waals surface area contributed by atoms with Gasteiger partial charge in [-0.15, -0.1) is 11.8 Å². The predicted octanol–water partition coefficient (Wildman–Crippen LogP) is 4.61.